The molecule has 0 spiro atoms. The van der Waals surface area contributed by atoms with E-state index in [1.54, 1.807) is 30.3 Å². The lowest BCUT2D eigenvalue weighted by molar-refractivity contribution is -0.134. The first-order valence-corrected chi connectivity index (χ1v) is 10.7. The third-order valence-electron chi connectivity index (χ3n) is 5.15. The van der Waals surface area contributed by atoms with Crippen LogP contribution in [-0.4, -0.2) is 60.4 Å². The lowest BCUT2D eigenvalue weighted by Crippen LogP contribution is -2.49. The Morgan fingerprint density at radius 1 is 1.18 bits per heavy atom. The van der Waals surface area contributed by atoms with E-state index in [9.17, 15) is 9.59 Å². The zero-order chi connectivity index (χ0) is 20.3. The standard InChI is InChI=1S/C22H29N3O2S/c1-5-12-24(22(27)23(3)4)15-20(26)25-13-10-19-18(11-14-28-19)21(25)17-8-6-16(2)7-9-17/h6-9,11,14,21H,5,10,12-13,15H2,1-4H3. The summed E-state index contributed by atoms with van der Waals surface area (Å²) in [5.74, 6) is 0.00562. The molecule has 6 heteroatoms. The highest BCUT2D eigenvalue weighted by Gasteiger charge is 2.34. The number of hydrogen-bond acceptors (Lipinski definition) is 3. The van der Waals surface area contributed by atoms with Crippen LogP contribution in [0, 0.1) is 6.92 Å². The van der Waals surface area contributed by atoms with Crippen LogP contribution in [0.1, 0.15) is 41.0 Å². The smallest absolute Gasteiger partial charge is 0.319 e. The number of rotatable bonds is 5. The second kappa shape index (κ2) is 8.78. The van der Waals surface area contributed by atoms with Crippen molar-refractivity contribution in [1.82, 2.24) is 14.7 Å². The van der Waals surface area contributed by atoms with Crippen molar-refractivity contribution in [2.75, 3.05) is 33.7 Å². The number of urea groups is 1. The van der Waals surface area contributed by atoms with Crippen molar-refractivity contribution in [3.63, 3.8) is 0 Å². The summed E-state index contributed by atoms with van der Waals surface area (Å²) >= 11 is 1.76. The van der Waals surface area contributed by atoms with Gasteiger partial charge in [-0.3, -0.25) is 4.79 Å². The van der Waals surface area contributed by atoms with Gasteiger partial charge in [-0.05, 0) is 42.3 Å². The third-order valence-corrected chi connectivity index (χ3v) is 6.15. The Hall–Kier alpha value is -2.34. The molecule has 5 nitrogen and oxygen atoms in total. The summed E-state index contributed by atoms with van der Waals surface area (Å²) in [6.07, 6.45) is 1.69. The Labute approximate surface area is 171 Å². The first kappa shape index (κ1) is 20.4. The number of fused-ring (bicyclic) bond motifs is 1. The van der Waals surface area contributed by atoms with E-state index in [0.29, 0.717) is 13.1 Å². The number of aryl methyl sites for hydroxylation is 1. The monoisotopic (exact) mass is 399 g/mol. The Balaban J connectivity index is 1.89. The highest BCUT2D eigenvalue weighted by atomic mass is 32.1. The highest BCUT2D eigenvalue weighted by molar-refractivity contribution is 7.10. The van der Waals surface area contributed by atoms with Gasteiger partial charge in [0.1, 0.15) is 6.54 Å². The number of nitrogens with zero attached hydrogens (tertiary/aromatic N) is 3. The molecule has 0 aliphatic carbocycles. The number of amides is 3. The molecule has 1 aliphatic rings. The van der Waals surface area contributed by atoms with Crippen molar-refractivity contribution in [2.24, 2.45) is 0 Å². The first-order chi connectivity index (χ1) is 13.4. The topological polar surface area (TPSA) is 43.9 Å². The van der Waals surface area contributed by atoms with E-state index in [1.807, 2.05) is 11.8 Å². The second-order valence-electron chi connectivity index (χ2n) is 7.55. The third kappa shape index (κ3) is 4.22. The van der Waals surface area contributed by atoms with Crippen molar-refractivity contribution in [3.8, 4) is 0 Å². The summed E-state index contributed by atoms with van der Waals surface area (Å²) < 4.78 is 0. The van der Waals surface area contributed by atoms with Gasteiger partial charge >= 0.3 is 6.03 Å². The Kier molecular flexibility index (Phi) is 6.39. The fraction of sp³-hybridized carbons (Fsp3) is 0.455. The fourth-order valence-electron chi connectivity index (χ4n) is 3.74. The Morgan fingerprint density at radius 3 is 2.54 bits per heavy atom. The molecular weight excluding hydrogens is 370 g/mol. The molecule has 0 bridgehead atoms. The molecule has 1 atom stereocenters. The van der Waals surface area contributed by atoms with Crippen LogP contribution in [0.3, 0.4) is 0 Å². The minimum atomic E-state index is -0.115. The van der Waals surface area contributed by atoms with E-state index >= 15 is 0 Å². The van der Waals surface area contributed by atoms with E-state index in [0.717, 1.165) is 18.4 Å². The van der Waals surface area contributed by atoms with Crippen molar-refractivity contribution in [1.29, 1.82) is 0 Å². The molecule has 150 valence electrons. The van der Waals surface area contributed by atoms with Gasteiger partial charge < -0.3 is 14.7 Å². The molecular formula is C22H29N3O2S. The second-order valence-corrected chi connectivity index (χ2v) is 8.55. The van der Waals surface area contributed by atoms with Crippen LogP contribution in [-0.2, 0) is 11.2 Å². The van der Waals surface area contributed by atoms with Gasteiger partial charge in [-0.15, -0.1) is 11.3 Å². The van der Waals surface area contributed by atoms with Crippen LogP contribution >= 0.6 is 11.3 Å². The van der Waals surface area contributed by atoms with E-state index in [-0.39, 0.29) is 24.5 Å². The van der Waals surface area contributed by atoms with Gasteiger partial charge in [0.05, 0.1) is 6.04 Å². The van der Waals surface area contributed by atoms with E-state index in [4.69, 9.17) is 0 Å². The van der Waals surface area contributed by atoms with Gasteiger partial charge in [0.15, 0.2) is 0 Å². The molecule has 1 unspecified atom stereocenters. The molecule has 1 aromatic carbocycles. The molecule has 0 saturated carbocycles. The van der Waals surface area contributed by atoms with E-state index < -0.39 is 0 Å². The van der Waals surface area contributed by atoms with Crippen LogP contribution in [0.4, 0.5) is 4.79 Å². The molecule has 28 heavy (non-hydrogen) atoms. The number of carbonyl (C=O) groups is 2. The summed E-state index contributed by atoms with van der Waals surface area (Å²) in [6, 6.07) is 10.4. The summed E-state index contributed by atoms with van der Waals surface area (Å²) in [4.78, 5) is 32.3. The molecule has 2 aromatic rings. The zero-order valence-corrected chi connectivity index (χ0v) is 18.0. The zero-order valence-electron chi connectivity index (χ0n) is 17.1. The van der Waals surface area contributed by atoms with Gasteiger partial charge in [-0.1, -0.05) is 36.8 Å². The lowest BCUT2D eigenvalue weighted by atomic mass is 9.92. The first-order valence-electron chi connectivity index (χ1n) is 9.81. The largest absolute Gasteiger partial charge is 0.331 e. The number of hydrogen-bond donors (Lipinski definition) is 0. The van der Waals surface area contributed by atoms with Crippen LogP contribution in [0.25, 0.3) is 0 Å². The summed E-state index contributed by atoms with van der Waals surface area (Å²) in [6.45, 7) is 5.47. The molecule has 1 aromatic heterocycles. The van der Waals surface area contributed by atoms with Crippen LogP contribution in [0.5, 0.6) is 0 Å². The van der Waals surface area contributed by atoms with Gasteiger partial charge in [0, 0.05) is 32.1 Å². The van der Waals surface area contributed by atoms with E-state index in [1.165, 1.54) is 20.9 Å². The molecule has 3 rings (SSSR count). The van der Waals surface area contributed by atoms with Gasteiger partial charge in [0.25, 0.3) is 0 Å². The van der Waals surface area contributed by atoms with Gasteiger partial charge in [0.2, 0.25) is 5.91 Å². The summed E-state index contributed by atoms with van der Waals surface area (Å²) in [5.41, 5.74) is 3.54. The van der Waals surface area contributed by atoms with Crippen molar-refractivity contribution >= 4 is 23.3 Å². The SMILES string of the molecule is CCCN(CC(=O)N1CCc2sccc2C1c1ccc(C)cc1)C(=O)N(C)C. The molecule has 3 amide bonds. The normalized spacial score (nSPS) is 15.9. The number of thiophene rings is 1. The molecule has 0 N–H and O–H groups in total. The minimum Gasteiger partial charge on any atom is -0.331 e. The number of carbonyl (C=O) groups excluding carboxylic acids is 2. The van der Waals surface area contributed by atoms with Crippen LogP contribution in [0.15, 0.2) is 35.7 Å². The Morgan fingerprint density at radius 2 is 1.89 bits per heavy atom. The predicted octanol–water partition coefficient (Wildman–Crippen LogP) is 3.92. The average molecular weight is 400 g/mol. The van der Waals surface area contributed by atoms with Gasteiger partial charge in [-0.25, -0.2) is 4.79 Å². The quantitative estimate of drug-likeness (QED) is 0.765. The van der Waals surface area contributed by atoms with E-state index in [2.05, 4.69) is 42.6 Å². The maximum absolute atomic E-state index is 13.3. The summed E-state index contributed by atoms with van der Waals surface area (Å²) in [7, 11) is 3.45. The molecule has 0 fully saturated rings. The summed E-state index contributed by atoms with van der Waals surface area (Å²) in [5, 5.41) is 2.11. The maximum atomic E-state index is 13.3. The van der Waals surface area contributed by atoms with Crippen molar-refractivity contribution in [2.45, 2.75) is 32.7 Å². The fourth-order valence-corrected chi connectivity index (χ4v) is 4.65. The van der Waals surface area contributed by atoms with Crippen molar-refractivity contribution in [3.05, 3.63) is 57.3 Å². The Bertz CT molecular complexity index is 829. The number of benzene rings is 1. The minimum absolute atomic E-state index is 0.00562. The molecule has 0 saturated heterocycles. The predicted molar refractivity (Wildman–Crippen MR) is 114 cm³/mol. The molecule has 1 aliphatic heterocycles. The lowest BCUT2D eigenvalue weighted by Gasteiger charge is -2.38. The van der Waals surface area contributed by atoms with Crippen LogP contribution in [0.2, 0.25) is 0 Å². The molecule has 2 heterocycles. The van der Waals surface area contributed by atoms with Crippen molar-refractivity contribution < 1.29 is 9.59 Å². The highest BCUT2D eigenvalue weighted by Crippen LogP contribution is 2.37. The molecule has 0 radical (unpaired) electrons. The maximum Gasteiger partial charge on any atom is 0.319 e. The van der Waals surface area contributed by atoms with Gasteiger partial charge in [-0.2, -0.15) is 0 Å². The van der Waals surface area contributed by atoms with Crippen LogP contribution < -0.4 is 0 Å². The average Bonchev–Trinajstić information content (AvgIpc) is 3.15.